The molecule has 0 radical (unpaired) electrons. The SMILES string of the molecule is Cc1ccc(C(=O)N2CCC(C(=O)Nc3nccs3)CC2)cc1. The van der Waals surface area contributed by atoms with Crippen molar-refractivity contribution in [2.24, 2.45) is 5.92 Å². The van der Waals surface area contributed by atoms with Gasteiger partial charge < -0.3 is 10.2 Å². The van der Waals surface area contributed by atoms with Crippen molar-refractivity contribution >= 4 is 28.3 Å². The molecule has 0 unspecified atom stereocenters. The number of aryl methyl sites for hydroxylation is 1. The van der Waals surface area contributed by atoms with Crippen molar-refractivity contribution in [2.45, 2.75) is 19.8 Å². The Balaban J connectivity index is 1.54. The van der Waals surface area contributed by atoms with Gasteiger partial charge in [0.1, 0.15) is 0 Å². The third kappa shape index (κ3) is 3.76. The molecule has 1 aliphatic heterocycles. The summed E-state index contributed by atoms with van der Waals surface area (Å²) in [7, 11) is 0. The van der Waals surface area contributed by atoms with E-state index in [0.717, 1.165) is 5.56 Å². The molecule has 2 aromatic rings. The molecule has 2 amide bonds. The lowest BCUT2D eigenvalue weighted by Gasteiger charge is -2.31. The highest BCUT2D eigenvalue weighted by Gasteiger charge is 2.28. The zero-order valence-electron chi connectivity index (χ0n) is 13.0. The fourth-order valence-corrected chi connectivity index (χ4v) is 3.25. The van der Waals surface area contributed by atoms with Crippen LogP contribution in [0.3, 0.4) is 0 Å². The van der Waals surface area contributed by atoms with Gasteiger partial charge in [0, 0.05) is 36.1 Å². The van der Waals surface area contributed by atoms with Crippen LogP contribution in [0.1, 0.15) is 28.8 Å². The number of nitrogens with zero attached hydrogens (tertiary/aromatic N) is 2. The van der Waals surface area contributed by atoms with E-state index in [1.165, 1.54) is 11.3 Å². The van der Waals surface area contributed by atoms with Gasteiger partial charge in [-0.05, 0) is 31.9 Å². The second-order valence-electron chi connectivity index (χ2n) is 5.76. The van der Waals surface area contributed by atoms with Crippen LogP contribution in [0.5, 0.6) is 0 Å². The quantitative estimate of drug-likeness (QED) is 0.942. The number of carbonyl (C=O) groups is 2. The molecule has 0 atom stereocenters. The molecule has 0 aliphatic carbocycles. The van der Waals surface area contributed by atoms with Crippen LogP contribution in [0.15, 0.2) is 35.8 Å². The Labute approximate surface area is 139 Å². The highest BCUT2D eigenvalue weighted by atomic mass is 32.1. The van der Waals surface area contributed by atoms with Gasteiger partial charge in [-0.3, -0.25) is 9.59 Å². The smallest absolute Gasteiger partial charge is 0.253 e. The topological polar surface area (TPSA) is 62.3 Å². The number of piperidine rings is 1. The molecule has 1 aromatic carbocycles. The standard InChI is InChI=1S/C17H19N3O2S/c1-12-2-4-14(5-3-12)16(22)20-9-6-13(7-10-20)15(21)19-17-18-8-11-23-17/h2-5,8,11,13H,6-7,9-10H2,1H3,(H,18,19,21). The second kappa shape index (κ2) is 6.91. The average Bonchev–Trinajstić information content (AvgIpc) is 3.08. The van der Waals surface area contributed by atoms with E-state index < -0.39 is 0 Å². The minimum absolute atomic E-state index is 0.00221. The zero-order chi connectivity index (χ0) is 16.2. The Morgan fingerprint density at radius 1 is 1.22 bits per heavy atom. The molecule has 2 heterocycles. The molecule has 23 heavy (non-hydrogen) atoms. The number of anilines is 1. The van der Waals surface area contributed by atoms with E-state index in [1.54, 1.807) is 6.20 Å². The Bertz CT molecular complexity index is 674. The van der Waals surface area contributed by atoms with Gasteiger partial charge in [0.05, 0.1) is 0 Å². The highest BCUT2D eigenvalue weighted by molar-refractivity contribution is 7.13. The molecular weight excluding hydrogens is 310 g/mol. The van der Waals surface area contributed by atoms with Gasteiger partial charge in [0.25, 0.3) is 5.91 Å². The van der Waals surface area contributed by atoms with Crippen LogP contribution in [0, 0.1) is 12.8 Å². The van der Waals surface area contributed by atoms with E-state index in [1.807, 2.05) is 41.5 Å². The summed E-state index contributed by atoms with van der Waals surface area (Å²) < 4.78 is 0. The maximum atomic E-state index is 12.5. The van der Waals surface area contributed by atoms with Gasteiger partial charge in [-0.2, -0.15) is 0 Å². The van der Waals surface area contributed by atoms with Gasteiger partial charge >= 0.3 is 0 Å². The molecule has 1 fully saturated rings. The van der Waals surface area contributed by atoms with Crippen molar-refractivity contribution in [2.75, 3.05) is 18.4 Å². The predicted molar refractivity (Wildman–Crippen MR) is 90.6 cm³/mol. The minimum atomic E-state index is -0.0547. The Hall–Kier alpha value is -2.21. The van der Waals surface area contributed by atoms with Crippen molar-refractivity contribution in [3.05, 3.63) is 47.0 Å². The summed E-state index contributed by atoms with van der Waals surface area (Å²) in [6, 6.07) is 7.61. The zero-order valence-corrected chi connectivity index (χ0v) is 13.8. The number of hydrogen-bond donors (Lipinski definition) is 1. The molecule has 1 aromatic heterocycles. The lowest BCUT2D eigenvalue weighted by molar-refractivity contribution is -0.121. The lowest BCUT2D eigenvalue weighted by Crippen LogP contribution is -2.41. The summed E-state index contributed by atoms with van der Waals surface area (Å²) >= 11 is 1.41. The minimum Gasteiger partial charge on any atom is -0.339 e. The van der Waals surface area contributed by atoms with Crippen molar-refractivity contribution in [1.82, 2.24) is 9.88 Å². The summed E-state index contributed by atoms with van der Waals surface area (Å²) in [5.41, 5.74) is 1.85. The van der Waals surface area contributed by atoms with Gasteiger partial charge in [0.15, 0.2) is 5.13 Å². The number of benzene rings is 1. The van der Waals surface area contributed by atoms with E-state index in [4.69, 9.17) is 0 Å². The average molecular weight is 329 g/mol. The van der Waals surface area contributed by atoms with E-state index in [9.17, 15) is 9.59 Å². The summed E-state index contributed by atoms with van der Waals surface area (Å²) in [4.78, 5) is 30.6. The van der Waals surface area contributed by atoms with Crippen LogP contribution in [0.4, 0.5) is 5.13 Å². The molecule has 3 rings (SSSR count). The fourth-order valence-electron chi connectivity index (χ4n) is 2.72. The van der Waals surface area contributed by atoms with Crippen LogP contribution in [-0.2, 0) is 4.79 Å². The van der Waals surface area contributed by atoms with Crippen molar-refractivity contribution in [3.63, 3.8) is 0 Å². The van der Waals surface area contributed by atoms with Gasteiger partial charge in [-0.1, -0.05) is 17.7 Å². The molecule has 1 N–H and O–H groups in total. The summed E-state index contributed by atoms with van der Waals surface area (Å²) in [5, 5.41) is 5.30. The molecule has 5 nitrogen and oxygen atoms in total. The number of nitrogens with one attached hydrogen (secondary N) is 1. The van der Waals surface area contributed by atoms with Gasteiger partial charge in [-0.25, -0.2) is 4.98 Å². The fraction of sp³-hybridized carbons (Fsp3) is 0.353. The van der Waals surface area contributed by atoms with Gasteiger partial charge in [0.2, 0.25) is 5.91 Å². The first-order valence-corrected chi connectivity index (χ1v) is 8.58. The largest absolute Gasteiger partial charge is 0.339 e. The molecule has 0 spiro atoms. The Morgan fingerprint density at radius 2 is 1.91 bits per heavy atom. The first kappa shape index (κ1) is 15.7. The number of hydrogen-bond acceptors (Lipinski definition) is 4. The number of carbonyl (C=O) groups excluding carboxylic acids is 2. The highest BCUT2D eigenvalue weighted by Crippen LogP contribution is 2.21. The van der Waals surface area contributed by atoms with Crippen molar-refractivity contribution in [3.8, 4) is 0 Å². The third-order valence-corrected chi connectivity index (χ3v) is 4.80. The van der Waals surface area contributed by atoms with E-state index in [2.05, 4.69) is 10.3 Å². The predicted octanol–water partition coefficient (Wildman–Crippen LogP) is 2.94. The van der Waals surface area contributed by atoms with Crippen molar-refractivity contribution in [1.29, 1.82) is 0 Å². The Morgan fingerprint density at radius 3 is 2.52 bits per heavy atom. The number of rotatable bonds is 3. The maximum absolute atomic E-state index is 12.5. The molecular formula is C17H19N3O2S. The van der Waals surface area contributed by atoms with Crippen LogP contribution in [-0.4, -0.2) is 34.8 Å². The number of amides is 2. The third-order valence-electron chi connectivity index (χ3n) is 4.11. The Kier molecular flexibility index (Phi) is 4.71. The number of likely N-dealkylation sites (tertiary alicyclic amines) is 1. The molecule has 1 aliphatic rings. The summed E-state index contributed by atoms with van der Waals surface area (Å²) in [6.45, 7) is 3.23. The summed E-state index contributed by atoms with van der Waals surface area (Å²) in [6.07, 6.45) is 3.05. The molecule has 1 saturated heterocycles. The molecule has 6 heteroatoms. The van der Waals surface area contributed by atoms with E-state index in [0.29, 0.717) is 36.6 Å². The van der Waals surface area contributed by atoms with Crippen molar-refractivity contribution < 1.29 is 9.59 Å². The number of thiazole rings is 1. The molecule has 120 valence electrons. The maximum Gasteiger partial charge on any atom is 0.253 e. The van der Waals surface area contributed by atoms with E-state index in [-0.39, 0.29) is 17.7 Å². The van der Waals surface area contributed by atoms with Crippen LogP contribution < -0.4 is 5.32 Å². The number of aromatic nitrogens is 1. The first-order valence-electron chi connectivity index (χ1n) is 7.70. The van der Waals surface area contributed by atoms with Crippen LogP contribution >= 0.6 is 11.3 Å². The van der Waals surface area contributed by atoms with Crippen LogP contribution in [0.2, 0.25) is 0 Å². The first-order chi connectivity index (χ1) is 11.1. The monoisotopic (exact) mass is 329 g/mol. The van der Waals surface area contributed by atoms with Crippen LogP contribution in [0.25, 0.3) is 0 Å². The second-order valence-corrected chi connectivity index (χ2v) is 6.65. The lowest BCUT2D eigenvalue weighted by atomic mass is 9.95. The molecule has 0 saturated carbocycles. The van der Waals surface area contributed by atoms with Gasteiger partial charge in [-0.15, -0.1) is 11.3 Å². The van der Waals surface area contributed by atoms with E-state index >= 15 is 0 Å². The summed E-state index contributed by atoms with van der Waals surface area (Å²) in [5.74, 6) is -0.00728. The molecule has 0 bridgehead atoms. The normalized spacial score (nSPS) is 15.4.